The van der Waals surface area contributed by atoms with E-state index in [1.807, 2.05) is 6.07 Å². The van der Waals surface area contributed by atoms with Crippen LogP contribution in [0.5, 0.6) is 11.5 Å². The molecule has 0 atom stereocenters. The number of methoxy groups -OCH3 is 2. The van der Waals surface area contributed by atoms with Crippen LogP contribution in [0, 0.1) is 0 Å². The molecule has 1 heterocycles. The SMILES string of the molecule is CCNC(=NCc1cc(OC)ccc1O)NC1CCN(CCCOC)CC1.I. The second-order valence-corrected chi connectivity index (χ2v) is 6.80. The Kier molecular flexibility index (Phi) is 12.2. The minimum Gasteiger partial charge on any atom is -0.508 e. The van der Waals surface area contributed by atoms with Crippen LogP contribution in [0.2, 0.25) is 0 Å². The summed E-state index contributed by atoms with van der Waals surface area (Å²) in [6.07, 6.45) is 3.28. The monoisotopic (exact) mass is 506 g/mol. The Morgan fingerprint density at radius 2 is 2.04 bits per heavy atom. The van der Waals surface area contributed by atoms with Gasteiger partial charge >= 0.3 is 0 Å². The van der Waals surface area contributed by atoms with Gasteiger partial charge in [0.05, 0.1) is 13.7 Å². The molecule has 160 valence electrons. The number of piperidine rings is 1. The van der Waals surface area contributed by atoms with Crippen molar-refractivity contribution in [3.63, 3.8) is 0 Å². The average Bonchev–Trinajstić information content (AvgIpc) is 2.69. The quantitative estimate of drug-likeness (QED) is 0.207. The van der Waals surface area contributed by atoms with E-state index >= 15 is 0 Å². The summed E-state index contributed by atoms with van der Waals surface area (Å²) in [5.41, 5.74) is 0.750. The molecule has 1 fully saturated rings. The average molecular weight is 506 g/mol. The van der Waals surface area contributed by atoms with Crippen LogP contribution in [0.1, 0.15) is 31.7 Å². The van der Waals surface area contributed by atoms with Crippen molar-refractivity contribution in [2.45, 2.75) is 38.8 Å². The number of phenols is 1. The molecule has 1 aromatic rings. The first kappa shape index (κ1) is 24.8. The van der Waals surface area contributed by atoms with Crippen LogP contribution in [0.3, 0.4) is 0 Å². The largest absolute Gasteiger partial charge is 0.508 e. The molecule has 0 spiro atoms. The smallest absolute Gasteiger partial charge is 0.191 e. The van der Waals surface area contributed by atoms with Gasteiger partial charge in [0.2, 0.25) is 0 Å². The highest BCUT2D eigenvalue weighted by Crippen LogP contribution is 2.23. The highest BCUT2D eigenvalue weighted by Gasteiger charge is 2.19. The summed E-state index contributed by atoms with van der Waals surface area (Å²) in [4.78, 5) is 7.14. The summed E-state index contributed by atoms with van der Waals surface area (Å²) in [6, 6.07) is 5.62. The Morgan fingerprint density at radius 1 is 1.29 bits per heavy atom. The van der Waals surface area contributed by atoms with Crippen LogP contribution in [-0.4, -0.2) is 69.0 Å². The van der Waals surface area contributed by atoms with E-state index in [4.69, 9.17) is 9.47 Å². The number of nitrogens with zero attached hydrogens (tertiary/aromatic N) is 2. The molecule has 1 aromatic carbocycles. The zero-order valence-corrected chi connectivity index (χ0v) is 19.6. The Balaban J connectivity index is 0.00000392. The molecule has 0 saturated carbocycles. The van der Waals surface area contributed by atoms with Crippen molar-refractivity contribution in [3.05, 3.63) is 23.8 Å². The second kappa shape index (κ2) is 13.8. The molecule has 1 aliphatic rings. The zero-order chi connectivity index (χ0) is 19.5. The highest BCUT2D eigenvalue weighted by molar-refractivity contribution is 14.0. The van der Waals surface area contributed by atoms with Gasteiger partial charge in [0.25, 0.3) is 0 Å². The third-order valence-electron chi connectivity index (χ3n) is 4.79. The van der Waals surface area contributed by atoms with Gasteiger partial charge in [-0.15, -0.1) is 24.0 Å². The van der Waals surface area contributed by atoms with Gasteiger partial charge in [-0.1, -0.05) is 0 Å². The second-order valence-electron chi connectivity index (χ2n) is 6.80. The number of halogens is 1. The van der Waals surface area contributed by atoms with E-state index in [0.29, 0.717) is 12.6 Å². The normalized spacial score (nSPS) is 15.8. The number of aromatic hydroxyl groups is 1. The van der Waals surface area contributed by atoms with Crippen LogP contribution < -0.4 is 15.4 Å². The minimum atomic E-state index is 0. The number of phenolic OH excluding ortho intramolecular Hbond substituents is 1. The number of hydrogen-bond acceptors (Lipinski definition) is 5. The topological polar surface area (TPSA) is 78.4 Å². The van der Waals surface area contributed by atoms with Crippen LogP contribution in [0.15, 0.2) is 23.2 Å². The predicted molar refractivity (Wildman–Crippen MR) is 124 cm³/mol. The molecule has 1 aliphatic heterocycles. The lowest BCUT2D eigenvalue weighted by Crippen LogP contribution is -2.48. The summed E-state index contributed by atoms with van der Waals surface area (Å²) in [6.45, 7) is 7.36. The van der Waals surface area contributed by atoms with Crippen molar-refractivity contribution < 1.29 is 14.6 Å². The van der Waals surface area contributed by atoms with Crippen molar-refractivity contribution in [1.82, 2.24) is 15.5 Å². The maximum absolute atomic E-state index is 10.0. The fraction of sp³-hybridized carbons (Fsp3) is 0.650. The fourth-order valence-corrected chi connectivity index (χ4v) is 3.23. The Morgan fingerprint density at radius 3 is 2.68 bits per heavy atom. The number of benzene rings is 1. The van der Waals surface area contributed by atoms with Crippen LogP contribution in [0.25, 0.3) is 0 Å². The maximum Gasteiger partial charge on any atom is 0.191 e. The van der Waals surface area contributed by atoms with Gasteiger partial charge in [-0.3, -0.25) is 0 Å². The van der Waals surface area contributed by atoms with Crippen molar-refractivity contribution in [2.24, 2.45) is 4.99 Å². The molecular weight excluding hydrogens is 471 g/mol. The Bertz CT molecular complexity index is 593. The van der Waals surface area contributed by atoms with E-state index in [0.717, 1.165) is 69.3 Å². The van der Waals surface area contributed by atoms with Crippen molar-refractivity contribution in [2.75, 3.05) is 47.0 Å². The number of guanidine groups is 1. The molecule has 1 saturated heterocycles. The molecule has 8 heteroatoms. The van der Waals surface area contributed by atoms with Crippen LogP contribution in [0.4, 0.5) is 0 Å². The van der Waals surface area contributed by atoms with Gasteiger partial charge in [0.1, 0.15) is 11.5 Å². The van der Waals surface area contributed by atoms with Crippen molar-refractivity contribution >= 4 is 29.9 Å². The summed E-state index contributed by atoms with van der Waals surface area (Å²) in [5.74, 6) is 1.74. The highest BCUT2D eigenvalue weighted by atomic mass is 127. The molecule has 0 bridgehead atoms. The standard InChI is InChI=1S/C20H34N4O3.HI/c1-4-21-20(22-15-16-14-18(27-3)6-7-19(16)25)23-17-8-11-24(12-9-17)10-5-13-26-2;/h6-7,14,17,25H,4-5,8-13,15H2,1-3H3,(H2,21,22,23);1H. The van der Waals surface area contributed by atoms with E-state index in [-0.39, 0.29) is 29.7 Å². The molecule has 0 unspecified atom stereocenters. The molecule has 0 radical (unpaired) electrons. The van der Waals surface area contributed by atoms with E-state index in [1.54, 1.807) is 26.4 Å². The molecular formula is C20H35IN4O3. The molecule has 0 aliphatic carbocycles. The molecule has 3 N–H and O–H groups in total. The first-order chi connectivity index (χ1) is 13.2. The fourth-order valence-electron chi connectivity index (χ4n) is 3.23. The molecule has 28 heavy (non-hydrogen) atoms. The molecule has 7 nitrogen and oxygen atoms in total. The summed E-state index contributed by atoms with van der Waals surface area (Å²) in [7, 11) is 3.37. The van der Waals surface area contributed by atoms with E-state index < -0.39 is 0 Å². The molecule has 2 rings (SSSR count). The van der Waals surface area contributed by atoms with Gasteiger partial charge in [0.15, 0.2) is 5.96 Å². The number of rotatable bonds is 9. The van der Waals surface area contributed by atoms with Gasteiger partial charge < -0.3 is 30.1 Å². The molecule has 0 amide bonds. The zero-order valence-electron chi connectivity index (χ0n) is 17.2. The first-order valence-electron chi connectivity index (χ1n) is 9.78. The Hall–Kier alpha value is -1.26. The summed E-state index contributed by atoms with van der Waals surface area (Å²) < 4.78 is 10.4. The van der Waals surface area contributed by atoms with Crippen molar-refractivity contribution in [3.8, 4) is 11.5 Å². The van der Waals surface area contributed by atoms with E-state index in [9.17, 15) is 5.11 Å². The lowest BCUT2D eigenvalue weighted by Gasteiger charge is -2.33. The number of ether oxygens (including phenoxy) is 2. The van der Waals surface area contributed by atoms with E-state index in [2.05, 4.69) is 27.4 Å². The van der Waals surface area contributed by atoms with Gasteiger partial charge in [-0.05, 0) is 44.4 Å². The Labute approximate surface area is 185 Å². The number of nitrogens with one attached hydrogen (secondary N) is 2. The maximum atomic E-state index is 10.0. The predicted octanol–water partition coefficient (Wildman–Crippen LogP) is 2.57. The van der Waals surface area contributed by atoms with Crippen LogP contribution in [-0.2, 0) is 11.3 Å². The minimum absolute atomic E-state index is 0. The number of likely N-dealkylation sites (tertiary alicyclic amines) is 1. The van der Waals surface area contributed by atoms with Gasteiger partial charge in [-0.25, -0.2) is 4.99 Å². The number of hydrogen-bond donors (Lipinski definition) is 3. The van der Waals surface area contributed by atoms with Crippen LogP contribution >= 0.6 is 24.0 Å². The van der Waals surface area contributed by atoms with Gasteiger partial charge in [-0.2, -0.15) is 0 Å². The lowest BCUT2D eigenvalue weighted by atomic mass is 10.1. The lowest BCUT2D eigenvalue weighted by molar-refractivity contribution is 0.155. The van der Waals surface area contributed by atoms with Gasteiger partial charge in [0, 0.05) is 51.5 Å². The third kappa shape index (κ3) is 8.40. The van der Waals surface area contributed by atoms with E-state index in [1.165, 1.54) is 0 Å². The summed E-state index contributed by atoms with van der Waals surface area (Å²) in [5, 5.41) is 16.9. The number of aliphatic imine (C=N–C) groups is 1. The molecule has 0 aromatic heterocycles. The first-order valence-corrected chi connectivity index (χ1v) is 9.78. The third-order valence-corrected chi connectivity index (χ3v) is 4.79. The van der Waals surface area contributed by atoms with Crippen molar-refractivity contribution in [1.29, 1.82) is 0 Å². The summed E-state index contributed by atoms with van der Waals surface area (Å²) >= 11 is 0.